The molecule has 0 saturated heterocycles. The number of hydrogen-bond acceptors (Lipinski definition) is 5. The fourth-order valence-corrected chi connectivity index (χ4v) is 2.52. The van der Waals surface area contributed by atoms with Crippen LogP contribution in [0.2, 0.25) is 0 Å². The lowest BCUT2D eigenvalue weighted by molar-refractivity contribution is -0.147. The molecular weight excluding hydrogens is 429 g/mol. The number of ether oxygens (including phenoxy) is 2. The molecule has 0 aliphatic heterocycles. The minimum absolute atomic E-state index is 0.00211. The van der Waals surface area contributed by atoms with E-state index in [-0.39, 0.29) is 24.8 Å². The number of hydrogen-bond donors (Lipinski definition) is 2. The monoisotopic (exact) mass is 452 g/mol. The van der Waals surface area contributed by atoms with Crippen molar-refractivity contribution in [2.24, 2.45) is 0 Å². The predicted octanol–water partition coefficient (Wildman–Crippen LogP) is 3.79. The Kier molecular flexibility index (Phi) is 8.62. The van der Waals surface area contributed by atoms with Gasteiger partial charge in [0.05, 0.1) is 18.1 Å². The second-order valence-electron chi connectivity index (χ2n) is 6.98. The summed E-state index contributed by atoms with van der Waals surface area (Å²) in [5.41, 5.74) is -0.553. The maximum atomic E-state index is 12.7. The maximum absolute atomic E-state index is 12.7. The van der Waals surface area contributed by atoms with Gasteiger partial charge in [0, 0.05) is 17.8 Å². The zero-order chi connectivity index (χ0) is 23.7. The van der Waals surface area contributed by atoms with Gasteiger partial charge in [-0.15, -0.1) is 0 Å². The Balaban J connectivity index is 1.79. The normalized spacial score (nSPS) is 11.1. The van der Waals surface area contributed by atoms with Gasteiger partial charge in [-0.2, -0.15) is 13.2 Å². The van der Waals surface area contributed by atoms with Crippen LogP contribution in [0.3, 0.4) is 0 Å². The summed E-state index contributed by atoms with van der Waals surface area (Å²) in [6.45, 7) is 3.16. The van der Waals surface area contributed by atoms with E-state index in [1.807, 2.05) is 0 Å². The highest BCUT2D eigenvalue weighted by Gasteiger charge is 2.30. The van der Waals surface area contributed by atoms with E-state index < -0.39 is 36.1 Å². The summed E-state index contributed by atoms with van der Waals surface area (Å²) >= 11 is 0. The highest BCUT2D eigenvalue weighted by Crippen LogP contribution is 2.30. The first kappa shape index (κ1) is 24.7. The van der Waals surface area contributed by atoms with Gasteiger partial charge in [0.25, 0.3) is 11.8 Å². The summed E-state index contributed by atoms with van der Waals surface area (Å²) in [6.07, 6.45) is -4.69. The summed E-state index contributed by atoms with van der Waals surface area (Å²) in [5.74, 6) is -1.15. The molecule has 2 aromatic rings. The van der Waals surface area contributed by atoms with E-state index in [4.69, 9.17) is 9.47 Å². The van der Waals surface area contributed by atoms with Crippen molar-refractivity contribution in [3.8, 4) is 5.75 Å². The molecule has 2 amide bonds. The standard InChI is InChI=1S/C22H23F3N2O5/c1-14(2)32-20(29)10-11-26-21(30)15-6-8-18(9-7-15)31-13-19(28)27-17-5-3-4-16(12-17)22(23,24)25/h3-9,12,14H,10-11,13H2,1-2H3,(H,26,30)(H,27,28). The van der Waals surface area contributed by atoms with Gasteiger partial charge in [-0.1, -0.05) is 6.07 Å². The quantitative estimate of drug-likeness (QED) is 0.565. The van der Waals surface area contributed by atoms with Crippen molar-refractivity contribution in [2.45, 2.75) is 32.5 Å². The number of alkyl halides is 3. The van der Waals surface area contributed by atoms with E-state index >= 15 is 0 Å². The van der Waals surface area contributed by atoms with Gasteiger partial charge >= 0.3 is 12.1 Å². The molecule has 0 bridgehead atoms. The second-order valence-corrected chi connectivity index (χ2v) is 6.98. The van der Waals surface area contributed by atoms with Crippen LogP contribution in [0.4, 0.5) is 18.9 Å². The smallest absolute Gasteiger partial charge is 0.416 e. The summed E-state index contributed by atoms with van der Waals surface area (Å²) in [7, 11) is 0. The Morgan fingerprint density at radius 3 is 2.34 bits per heavy atom. The third-order valence-electron chi connectivity index (χ3n) is 3.94. The Morgan fingerprint density at radius 2 is 1.72 bits per heavy atom. The maximum Gasteiger partial charge on any atom is 0.416 e. The van der Waals surface area contributed by atoms with Crippen LogP contribution in [0.25, 0.3) is 0 Å². The number of esters is 1. The van der Waals surface area contributed by atoms with E-state index in [2.05, 4.69) is 10.6 Å². The second kappa shape index (κ2) is 11.2. The van der Waals surface area contributed by atoms with Crippen molar-refractivity contribution in [3.63, 3.8) is 0 Å². The minimum atomic E-state index is -4.51. The number of amides is 2. The van der Waals surface area contributed by atoms with Gasteiger partial charge in [-0.3, -0.25) is 14.4 Å². The predicted molar refractivity (Wildman–Crippen MR) is 110 cm³/mol. The van der Waals surface area contributed by atoms with Gasteiger partial charge in [-0.25, -0.2) is 0 Å². The highest BCUT2D eigenvalue weighted by molar-refractivity contribution is 5.94. The molecule has 0 aromatic heterocycles. The highest BCUT2D eigenvalue weighted by atomic mass is 19.4. The molecule has 0 unspecified atom stereocenters. The van der Waals surface area contributed by atoms with E-state index in [9.17, 15) is 27.6 Å². The fraction of sp³-hybridized carbons (Fsp3) is 0.318. The fourth-order valence-electron chi connectivity index (χ4n) is 2.52. The van der Waals surface area contributed by atoms with Gasteiger partial charge < -0.3 is 20.1 Å². The van der Waals surface area contributed by atoms with Crippen molar-refractivity contribution in [1.29, 1.82) is 0 Å². The van der Waals surface area contributed by atoms with Crippen LogP contribution in [0.5, 0.6) is 5.75 Å². The first-order chi connectivity index (χ1) is 15.0. The van der Waals surface area contributed by atoms with Crippen LogP contribution in [0.15, 0.2) is 48.5 Å². The molecule has 0 aliphatic carbocycles. The SMILES string of the molecule is CC(C)OC(=O)CCNC(=O)c1ccc(OCC(=O)Nc2cccc(C(F)(F)F)c2)cc1. The Hall–Kier alpha value is -3.56. The zero-order valence-electron chi connectivity index (χ0n) is 17.5. The third-order valence-corrected chi connectivity index (χ3v) is 3.94. The molecule has 0 aliphatic rings. The lowest BCUT2D eigenvalue weighted by Crippen LogP contribution is -2.27. The van der Waals surface area contributed by atoms with Crippen LogP contribution in [-0.2, 0) is 20.5 Å². The molecular formula is C22H23F3N2O5. The molecule has 0 heterocycles. The molecule has 2 N–H and O–H groups in total. The lowest BCUT2D eigenvalue weighted by atomic mass is 10.2. The molecule has 7 nitrogen and oxygen atoms in total. The van der Waals surface area contributed by atoms with Crippen molar-refractivity contribution in [3.05, 3.63) is 59.7 Å². The number of benzene rings is 2. The molecule has 0 atom stereocenters. The molecule has 0 spiro atoms. The minimum Gasteiger partial charge on any atom is -0.484 e. The molecule has 0 radical (unpaired) electrons. The van der Waals surface area contributed by atoms with Crippen molar-refractivity contribution in [2.75, 3.05) is 18.5 Å². The van der Waals surface area contributed by atoms with Crippen molar-refractivity contribution < 1.29 is 37.0 Å². The molecule has 172 valence electrons. The first-order valence-electron chi connectivity index (χ1n) is 9.72. The first-order valence-corrected chi connectivity index (χ1v) is 9.72. The third kappa shape index (κ3) is 8.29. The molecule has 0 saturated carbocycles. The van der Waals surface area contributed by atoms with Crippen LogP contribution >= 0.6 is 0 Å². The number of anilines is 1. The molecule has 0 fully saturated rings. The van der Waals surface area contributed by atoms with Crippen LogP contribution in [-0.4, -0.2) is 37.0 Å². The number of rotatable bonds is 9. The number of nitrogens with one attached hydrogen (secondary N) is 2. The largest absolute Gasteiger partial charge is 0.484 e. The van der Waals surface area contributed by atoms with Crippen molar-refractivity contribution in [1.82, 2.24) is 5.32 Å². The molecule has 2 aromatic carbocycles. The summed E-state index contributed by atoms with van der Waals surface area (Å²) in [6, 6.07) is 10.1. The van der Waals surface area contributed by atoms with E-state index in [0.717, 1.165) is 12.1 Å². The zero-order valence-corrected chi connectivity index (χ0v) is 17.5. The number of carbonyl (C=O) groups is 3. The molecule has 32 heavy (non-hydrogen) atoms. The van der Waals surface area contributed by atoms with Crippen LogP contribution < -0.4 is 15.4 Å². The topological polar surface area (TPSA) is 93.7 Å². The Morgan fingerprint density at radius 1 is 1.03 bits per heavy atom. The van der Waals surface area contributed by atoms with Gasteiger partial charge in [-0.05, 0) is 56.3 Å². The van der Waals surface area contributed by atoms with E-state index in [0.29, 0.717) is 11.3 Å². The average Bonchev–Trinajstić information content (AvgIpc) is 2.71. The van der Waals surface area contributed by atoms with Crippen LogP contribution in [0, 0.1) is 0 Å². The van der Waals surface area contributed by atoms with E-state index in [1.54, 1.807) is 13.8 Å². The lowest BCUT2D eigenvalue weighted by Gasteiger charge is -2.11. The Labute approximate surface area is 182 Å². The molecule has 2 rings (SSSR count). The summed E-state index contributed by atoms with van der Waals surface area (Å²) in [5, 5.41) is 4.92. The number of halogens is 3. The average molecular weight is 452 g/mol. The van der Waals surface area contributed by atoms with Crippen molar-refractivity contribution >= 4 is 23.5 Å². The van der Waals surface area contributed by atoms with Gasteiger partial charge in [0.1, 0.15) is 5.75 Å². The van der Waals surface area contributed by atoms with Gasteiger partial charge in [0.2, 0.25) is 0 Å². The summed E-state index contributed by atoms with van der Waals surface area (Å²) < 4.78 is 48.4. The van der Waals surface area contributed by atoms with Crippen LogP contribution in [0.1, 0.15) is 36.2 Å². The van der Waals surface area contributed by atoms with Gasteiger partial charge in [0.15, 0.2) is 6.61 Å². The number of carbonyl (C=O) groups excluding carboxylic acids is 3. The molecule has 10 heteroatoms. The Bertz CT molecular complexity index is 943. The van der Waals surface area contributed by atoms with E-state index in [1.165, 1.54) is 36.4 Å². The summed E-state index contributed by atoms with van der Waals surface area (Å²) in [4.78, 5) is 35.5.